The summed E-state index contributed by atoms with van der Waals surface area (Å²) in [7, 11) is 0. The quantitative estimate of drug-likeness (QED) is 0.357. The molecule has 0 rings (SSSR count). The molecule has 0 heterocycles. The first-order valence-electron chi connectivity index (χ1n) is 6.83. The molecule has 3 heteroatoms. The van der Waals surface area contributed by atoms with Gasteiger partial charge in [0.2, 0.25) is 0 Å². The van der Waals surface area contributed by atoms with Crippen molar-refractivity contribution in [2.24, 2.45) is 0 Å². The standard InChI is InChI=1S/C13H29NO2/c1-2-3-4-5-6-7-8-10-13(16)14-11-9-12-15/h13-16H,2-12H2,1H3. The minimum Gasteiger partial charge on any atom is -0.396 e. The summed E-state index contributed by atoms with van der Waals surface area (Å²) in [6.07, 6.45) is 10.1. The molecule has 1 atom stereocenters. The summed E-state index contributed by atoms with van der Waals surface area (Å²) in [4.78, 5) is 0. The van der Waals surface area contributed by atoms with Crippen LogP contribution in [0.2, 0.25) is 0 Å². The van der Waals surface area contributed by atoms with E-state index in [1.807, 2.05) is 0 Å². The largest absolute Gasteiger partial charge is 0.396 e. The van der Waals surface area contributed by atoms with Gasteiger partial charge in [0, 0.05) is 6.61 Å². The van der Waals surface area contributed by atoms with E-state index < -0.39 is 0 Å². The van der Waals surface area contributed by atoms with E-state index in [1.165, 1.54) is 38.5 Å². The highest BCUT2D eigenvalue weighted by Gasteiger charge is 2.01. The molecule has 0 aliphatic rings. The van der Waals surface area contributed by atoms with Crippen LogP contribution in [0.3, 0.4) is 0 Å². The van der Waals surface area contributed by atoms with Crippen molar-refractivity contribution in [1.29, 1.82) is 0 Å². The maximum atomic E-state index is 9.52. The Kier molecular flexibility index (Phi) is 12.9. The van der Waals surface area contributed by atoms with Gasteiger partial charge in [0.1, 0.15) is 6.23 Å². The minimum absolute atomic E-state index is 0.192. The first-order valence-corrected chi connectivity index (χ1v) is 6.83. The van der Waals surface area contributed by atoms with Gasteiger partial charge in [0.25, 0.3) is 0 Å². The van der Waals surface area contributed by atoms with E-state index in [2.05, 4.69) is 12.2 Å². The van der Waals surface area contributed by atoms with E-state index in [0.29, 0.717) is 13.0 Å². The molecule has 0 aliphatic heterocycles. The fourth-order valence-electron chi connectivity index (χ4n) is 1.74. The van der Waals surface area contributed by atoms with Gasteiger partial charge in [-0.2, -0.15) is 0 Å². The number of nitrogens with one attached hydrogen (secondary N) is 1. The Morgan fingerprint density at radius 1 is 0.938 bits per heavy atom. The molecule has 0 bridgehead atoms. The third-order valence-electron chi connectivity index (χ3n) is 2.80. The van der Waals surface area contributed by atoms with Crippen LogP contribution in [0.15, 0.2) is 0 Å². The second-order valence-corrected chi connectivity index (χ2v) is 4.46. The van der Waals surface area contributed by atoms with Crippen molar-refractivity contribution in [3.63, 3.8) is 0 Å². The topological polar surface area (TPSA) is 52.5 Å². The lowest BCUT2D eigenvalue weighted by molar-refractivity contribution is 0.121. The predicted molar refractivity (Wildman–Crippen MR) is 68.3 cm³/mol. The van der Waals surface area contributed by atoms with Crippen LogP contribution in [-0.4, -0.2) is 29.6 Å². The SMILES string of the molecule is CCCCCCCCCC(O)NCCCO. The Bertz CT molecular complexity index is 131. The van der Waals surface area contributed by atoms with Gasteiger partial charge in [-0.3, -0.25) is 5.32 Å². The number of rotatable bonds is 12. The van der Waals surface area contributed by atoms with E-state index in [-0.39, 0.29) is 12.8 Å². The molecule has 98 valence electrons. The molecule has 0 amide bonds. The van der Waals surface area contributed by atoms with Gasteiger partial charge >= 0.3 is 0 Å². The molecule has 0 saturated carbocycles. The van der Waals surface area contributed by atoms with Crippen LogP contribution in [0.25, 0.3) is 0 Å². The predicted octanol–water partition coefficient (Wildman–Crippen LogP) is 2.42. The fraction of sp³-hybridized carbons (Fsp3) is 1.00. The summed E-state index contributed by atoms with van der Waals surface area (Å²) in [5.74, 6) is 0. The number of aliphatic hydroxyl groups excluding tert-OH is 2. The molecule has 0 saturated heterocycles. The zero-order chi connectivity index (χ0) is 12.1. The highest BCUT2D eigenvalue weighted by Crippen LogP contribution is 2.08. The normalized spacial score (nSPS) is 12.9. The summed E-state index contributed by atoms with van der Waals surface area (Å²) >= 11 is 0. The van der Waals surface area contributed by atoms with Crippen LogP contribution in [-0.2, 0) is 0 Å². The van der Waals surface area contributed by atoms with Crippen molar-refractivity contribution in [3.8, 4) is 0 Å². The van der Waals surface area contributed by atoms with Crippen molar-refractivity contribution in [3.05, 3.63) is 0 Å². The number of hydrogen-bond acceptors (Lipinski definition) is 3. The second-order valence-electron chi connectivity index (χ2n) is 4.46. The van der Waals surface area contributed by atoms with Crippen molar-refractivity contribution in [2.45, 2.75) is 70.9 Å². The Labute approximate surface area is 100 Å². The second kappa shape index (κ2) is 12.9. The van der Waals surface area contributed by atoms with E-state index >= 15 is 0 Å². The summed E-state index contributed by atoms with van der Waals surface area (Å²) in [6.45, 7) is 3.12. The molecule has 1 unspecified atom stereocenters. The Hall–Kier alpha value is -0.120. The fourth-order valence-corrected chi connectivity index (χ4v) is 1.74. The third kappa shape index (κ3) is 12.0. The monoisotopic (exact) mass is 231 g/mol. The molecule has 0 aliphatic carbocycles. The van der Waals surface area contributed by atoms with Crippen LogP contribution in [0.5, 0.6) is 0 Å². The Balaban J connectivity index is 3.06. The van der Waals surface area contributed by atoms with Crippen LogP contribution in [0, 0.1) is 0 Å². The zero-order valence-corrected chi connectivity index (χ0v) is 10.7. The van der Waals surface area contributed by atoms with Crippen molar-refractivity contribution in [1.82, 2.24) is 5.32 Å². The summed E-state index contributed by atoms with van der Waals surface area (Å²) in [6, 6.07) is 0. The molecule has 0 aromatic heterocycles. The third-order valence-corrected chi connectivity index (χ3v) is 2.80. The van der Waals surface area contributed by atoms with Gasteiger partial charge in [0.15, 0.2) is 0 Å². The summed E-state index contributed by atoms with van der Waals surface area (Å²) in [5, 5.41) is 21.1. The lowest BCUT2D eigenvalue weighted by atomic mass is 10.1. The van der Waals surface area contributed by atoms with Crippen LogP contribution in [0.4, 0.5) is 0 Å². The van der Waals surface area contributed by atoms with E-state index in [4.69, 9.17) is 5.11 Å². The smallest absolute Gasteiger partial charge is 0.104 e. The number of hydrogen-bond donors (Lipinski definition) is 3. The first kappa shape index (κ1) is 15.9. The lowest BCUT2D eigenvalue weighted by Crippen LogP contribution is -2.29. The molecule has 3 nitrogen and oxygen atoms in total. The molecule has 0 radical (unpaired) electrons. The number of unbranched alkanes of at least 4 members (excludes halogenated alkanes) is 6. The van der Waals surface area contributed by atoms with E-state index in [1.54, 1.807) is 0 Å². The summed E-state index contributed by atoms with van der Waals surface area (Å²) in [5.41, 5.74) is 0. The van der Waals surface area contributed by atoms with Crippen molar-refractivity contribution >= 4 is 0 Å². The maximum Gasteiger partial charge on any atom is 0.104 e. The maximum absolute atomic E-state index is 9.52. The summed E-state index contributed by atoms with van der Waals surface area (Å²) < 4.78 is 0. The van der Waals surface area contributed by atoms with Crippen LogP contribution in [0.1, 0.15) is 64.7 Å². The van der Waals surface area contributed by atoms with Crippen LogP contribution >= 0.6 is 0 Å². The molecule has 0 aromatic rings. The molecule has 0 fully saturated rings. The van der Waals surface area contributed by atoms with Gasteiger partial charge < -0.3 is 10.2 Å². The van der Waals surface area contributed by atoms with Crippen molar-refractivity contribution < 1.29 is 10.2 Å². The van der Waals surface area contributed by atoms with Gasteiger partial charge in [-0.15, -0.1) is 0 Å². The minimum atomic E-state index is -0.387. The highest BCUT2D eigenvalue weighted by atomic mass is 16.3. The molecular weight excluding hydrogens is 202 g/mol. The Morgan fingerprint density at radius 2 is 1.56 bits per heavy atom. The van der Waals surface area contributed by atoms with E-state index in [0.717, 1.165) is 12.8 Å². The van der Waals surface area contributed by atoms with Gasteiger partial charge in [-0.1, -0.05) is 45.4 Å². The molecule has 0 spiro atoms. The zero-order valence-electron chi connectivity index (χ0n) is 10.7. The molecule has 3 N–H and O–H groups in total. The van der Waals surface area contributed by atoms with E-state index in [9.17, 15) is 5.11 Å². The average Bonchev–Trinajstić information content (AvgIpc) is 2.28. The lowest BCUT2D eigenvalue weighted by Gasteiger charge is -2.11. The molecular formula is C13H29NO2. The van der Waals surface area contributed by atoms with Crippen molar-refractivity contribution in [2.75, 3.05) is 13.2 Å². The first-order chi connectivity index (χ1) is 7.81. The Morgan fingerprint density at radius 3 is 2.19 bits per heavy atom. The average molecular weight is 231 g/mol. The van der Waals surface area contributed by atoms with Gasteiger partial charge in [-0.25, -0.2) is 0 Å². The van der Waals surface area contributed by atoms with Gasteiger partial charge in [-0.05, 0) is 25.8 Å². The molecule has 16 heavy (non-hydrogen) atoms. The van der Waals surface area contributed by atoms with Gasteiger partial charge in [0.05, 0.1) is 0 Å². The molecule has 0 aromatic carbocycles. The van der Waals surface area contributed by atoms with Crippen LogP contribution < -0.4 is 5.32 Å². The highest BCUT2D eigenvalue weighted by molar-refractivity contribution is 4.54. The number of aliphatic hydroxyl groups is 2.